The lowest BCUT2D eigenvalue weighted by Crippen LogP contribution is -2.19. The minimum absolute atomic E-state index is 0.372. The number of hydrogen-bond acceptors (Lipinski definition) is 5. The Bertz CT molecular complexity index is 729. The summed E-state index contributed by atoms with van der Waals surface area (Å²) in [5.74, 6) is 0.841. The molecular weight excluding hydrogens is 306 g/mol. The number of nitrogens with one attached hydrogen (secondary N) is 1. The molecule has 126 valence electrons. The van der Waals surface area contributed by atoms with Crippen LogP contribution in [0.5, 0.6) is 11.5 Å². The van der Waals surface area contributed by atoms with E-state index in [0.29, 0.717) is 34.9 Å². The van der Waals surface area contributed by atoms with Gasteiger partial charge in [-0.3, -0.25) is 4.79 Å². The van der Waals surface area contributed by atoms with Gasteiger partial charge in [0.25, 0.3) is 5.91 Å². The average Bonchev–Trinajstić information content (AvgIpc) is 2.60. The second-order valence-corrected chi connectivity index (χ2v) is 5.01. The van der Waals surface area contributed by atoms with Crippen LogP contribution in [0.25, 0.3) is 0 Å². The van der Waals surface area contributed by atoms with Crippen LogP contribution in [0.1, 0.15) is 29.3 Å². The number of ether oxygens (including phenoxy) is 2. The lowest BCUT2D eigenvalue weighted by molar-refractivity contribution is 0.0956. The highest BCUT2D eigenvalue weighted by Crippen LogP contribution is 2.30. The maximum atomic E-state index is 12.1. The number of methoxy groups -OCH3 is 1. The third-order valence-corrected chi connectivity index (χ3v) is 3.25. The van der Waals surface area contributed by atoms with E-state index in [9.17, 15) is 4.79 Å². The lowest BCUT2D eigenvalue weighted by Gasteiger charge is -2.12. The third kappa shape index (κ3) is 4.25. The fraction of sp³-hybridized carbons (Fsp3) is 0.222. The quantitative estimate of drug-likeness (QED) is 0.465. The van der Waals surface area contributed by atoms with Crippen molar-refractivity contribution < 1.29 is 14.3 Å². The molecular formula is C18H21N3O3. The van der Waals surface area contributed by atoms with Crippen LogP contribution >= 0.6 is 0 Å². The van der Waals surface area contributed by atoms with E-state index in [1.165, 1.54) is 6.21 Å². The van der Waals surface area contributed by atoms with Crippen molar-refractivity contribution in [2.45, 2.75) is 13.3 Å². The number of rotatable bonds is 7. The summed E-state index contributed by atoms with van der Waals surface area (Å²) in [6.45, 7) is 2.59. The van der Waals surface area contributed by atoms with Gasteiger partial charge in [-0.25, -0.2) is 5.43 Å². The molecule has 0 aliphatic rings. The minimum atomic E-state index is -0.372. The summed E-state index contributed by atoms with van der Waals surface area (Å²) < 4.78 is 11.0. The van der Waals surface area contributed by atoms with E-state index >= 15 is 0 Å². The van der Waals surface area contributed by atoms with Gasteiger partial charge in [0.15, 0.2) is 11.5 Å². The van der Waals surface area contributed by atoms with Crippen molar-refractivity contribution in [1.29, 1.82) is 0 Å². The van der Waals surface area contributed by atoms with Crippen molar-refractivity contribution in [2.75, 3.05) is 19.5 Å². The van der Waals surface area contributed by atoms with Crippen LogP contribution in [0.4, 0.5) is 5.69 Å². The van der Waals surface area contributed by atoms with Crippen molar-refractivity contribution in [3.63, 3.8) is 0 Å². The molecule has 2 rings (SSSR count). The van der Waals surface area contributed by atoms with E-state index in [2.05, 4.69) is 10.5 Å². The highest BCUT2D eigenvalue weighted by molar-refractivity contribution is 5.99. The van der Waals surface area contributed by atoms with Gasteiger partial charge in [0.1, 0.15) is 0 Å². The molecule has 0 atom stereocenters. The molecule has 0 bridgehead atoms. The lowest BCUT2D eigenvalue weighted by atomic mass is 10.2. The largest absolute Gasteiger partial charge is 0.493 e. The SMILES string of the molecule is CCCOc1c(/C=N\NC(=O)c2ccccc2N)cccc1OC. The molecule has 0 heterocycles. The number of hydrogen-bond donors (Lipinski definition) is 2. The maximum absolute atomic E-state index is 12.1. The monoisotopic (exact) mass is 327 g/mol. The molecule has 0 saturated heterocycles. The van der Waals surface area contributed by atoms with Crippen molar-refractivity contribution in [2.24, 2.45) is 5.10 Å². The molecule has 3 N–H and O–H groups in total. The van der Waals surface area contributed by atoms with Crippen LogP contribution in [0.3, 0.4) is 0 Å². The van der Waals surface area contributed by atoms with Gasteiger partial charge in [0.2, 0.25) is 0 Å². The summed E-state index contributed by atoms with van der Waals surface area (Å²) in [7, 11) is 1.58. The molecule has 0 unspecified atom stereocenters. The summed E-state index contributed by atoms with van der Waals surface area (Å²) >= 11 is 0. The molecule has 0 aliphatic carbocycles. The Morgan fingerprint density at radius 2 is 2.04 bits per heavy atom. The molecule has 0 fully saturated rings. The molecule has 0 spiro atoms. The molecule has 2 aromatic rings. The second kappa shape index (κ2) is 8.57. The van der Waals surface area contributed by atoms with E-state index in [-0.39, 0.29) is 5.91 Å². The van der Waals surface area contributed by atoms with Crippen molar-refractivity contribution in [1.82, 2.24) is 5.43 Å². The van der Waals surface area contributed by atoms with Gasteiger partial charge < -0.3 is 15.2 Å². The van der Waals surface area contributed by atoms with Crippen LogP contribution < -0.4 is 20.6 Å². The van der Waals surface area contributed by atoms with Crippen molar-refractivity contribution in [3.05, 3.63) is 53.6 Å². The van der Waals surface area contributed by atoms with Gasteiger partial charge >= 0.3 is 0 Å². The van der Waals surface area contributed by atoms with Gasteiger partial charge in [-0.2, -0.15) is 5.10 Å². The highest BCUT2D eigenvalue weighted by Gasteiger charge is 2.10. The van der Waals surface area contributed by atoms with E-state index in [1.54, 1.807) is 31.4 Å². The van der Waals surface area contributed by atoms with E-state index in [0.717, 1.165) is 6.42 Å². The van der Waals surface area contributed by atoms with Crippen LogP contribution in [0, 0.1) is 0 Å². The predicted octanol–water partition coefficient (Wildman–Crippen LogP) is 2.83. The summed E-state index contributed by atoms with van der Waals surface area (Å²) in [5, 5.41) is 3.99. The number of nitrogens with two attached hydrogens (primary N) is 1. The van der Waals surface area contributed by atoms with E-state index in [1.807, 2.05) is 25.1 Å². The number of nitrogen functional groups attached to an aromatic ring is 1. The Balaban J connectivity index is 2.14. The minimum Gasteiger partial charge on any atom is -0.493 e. The molecule has 1 amide bonds. The standard InChI is InChI=1S/C18H21N3O3/c1-3-11-24-17-13(7-6-10-16(17)23-2)12-20-21-18(22)14-8-4-5-9-15(14)19/h4-10,12H,3,11,19H2,1-2H3,(H,21,22)/b20-12-. The highest BCUT2D eigenvalue weighted by atomic mass is 16.5. The van der Waals surface area contributed by atoms with Gasteiger partial charge in [-0.05, 0) is 30.7 Å². The number of carbonyl (C=O) groups excluding carboxylic acids is 1. The first kappa shape index (κ1) is 17.3. The van der Waals surface area contributed by atoms with Gasteiger partial charge in [-0.15, -0.1) is 0 Å². The Morgan fingerprint density at radius 1 is 1.25 bits per heavy atom. The molecule has 0 aliphatic heterocycles. The summed E-state index contributed by atoms with van der Waals surface area (Å²) in [6, 6.07) is 12.3. The Hall–Kier alpha value is -3.02. The Labute approximate surface area is 141 Å². The van der Waals surface area contributed by atoms with Gasteiger partial charge in [-0.1, -0.05) is 25.1 Å². The van der Waals surface area contributed by atoms with Gasteiger partial charge in [0.05, 0.1) is 25.5 Å². The second-order valence-electron chi connectivity index (χ2n) is 5.01. The van der Waals surface area contributed by atoms with Crippen LogP contribution in [0.15, 0.2) is 47.6 Å². The molecule has 6 heteroatoms. The molecule has 0 radical (unpaired) electrons. The van der Waals surface area contributed by atoms with Crippen molar-refractivity contribution >= 4 is 17.8 Å². The molecule has 0 aromatic heterocycles. The van der Waals surface area contributed by atoms with Crippen LogP contribution in [-0.2, 0) is 0 Å². The van der Waals surface area contributed by atoms with Gasteiger partial charge in [0, 0.05) is 11.3 Å². The van der Waals surface area contributed by atoms with E-state index in [4.69, 9.17) is 15.2 Å². The number of hydrazone groups is 1. The molecule has 2 aromatic carbocycles. The zero-order valence-electron chi connectivity index (χ0n) is 13.8. The zero-order valence-corrected chi connectivity index (χ0v) is 13.8. The summed E-state index contributed by atoms with van der Waals surface area (Å²) in [4.78, 5) is 12.1. The van der Waals surface area contributed by atoms with Crippen molar-refractivity contribution in [3.8, 4) is 11.5 Å². The normalized spacial score (nSPS) is 10.6. The molecule has 24 heavy (non-hydrogen) atoms. The number of nitrogens with zero attached hydrogens (tertiary/aromatic N) is 1. The van der Waals surface area contributed by atoms with E-state index < -0.39 is 0 Å². The number of para-hydroxylation sites is 2. The predicted molar refractivity (Wildman–Crippen MR) is 94.7 cm³/mol. The third-order valence-electron chi connectivity index (χ3n) is 3.25. The fourth-order valence-electron chi connectivity index (χ4n) is 2.08. The number of carbonyl (C=O) groups is 1. The maximum Gasteiger partial charge on any atom is 0.273 e. The zero-order chi connectivity index (χ0) is 17.4. The fourth-order valence-corrected chi connectivity index (χ4v) is 2.08. The summed E-state index contributed by atoms with van der Waals surface area (Å²) in [6.07, 6.45) is 2.39. The Morgan fingerprint density at radius 3 is 2.75 bits per heavy atom. The smallest absolute Gasteiger partial charge is 0.273 e. The molecule has 0 saturated carbocycles. The van der Waals surface area contributed by atoms with Crippen LogP contribution in [0.2, 0.25) is 0 Å². The number of amides is 1. The Kier molecular flexibility index (Phi) is 6.19. The average molecular weight is 327 g/mol. The number of benzene rings is 2. The summed E-state index contributed by atoms with van der Waals surface area (Å²) in [5.41, 5.74) is 9.73. The van der Waals surface area contributed by atoms with Crippen LogP contribution in [-0.4, -0.2) is 25.8 Å². The number of anilines is 1. The topological polar surface area (TPSA) is 85.9 Å². The first-order valence-corrected chi connectivity index (χ1v) is 7.65. The first-order chi connectivity index (χ1) is 11.7. The first-order valence-electron chi connectivity index (χ1n) is 7.65. The molecule has 6 nitrogen and oxygen atoms in total.